The average Bonchev–Trinajstić information content (AvgIpc) is 3.45. The number of nitrogens with one attached hydrogen (secondary N) is 2. The van der Waals surface area contributed by atoms with Crippen LogP contribution in [0.25, 0.3) is 0 Å². The van der Waals surface area contributed by atoms with Gasteiger partial charge in [0.25, 0.3) is 0 Å². The van der Waals surface area contributed by atoms with Gasteiger partial charge in [-0.3, -0.25) is 9.69 Å². The van der Waals surface area contributed by atoms with Crippen molar-refractivity contribution in [1.82, 2.24) is 15.1 Å². The van der Waals surface area contributed by atoms with Gasteiger partial charge in [-0.1, -0.05) is 24.6 Å². The van der Waals surface area contributed by atoms with E-state index in [9.17, 15) is 9.59 Å². The lowest BCUT2D eigenvalue weighted by Gasteiger charge is -2.40. The van der Waals surface area contributed by atoms with Crippen LogP contribution in [0.3, 0.4) is 0 Å². The van der Waals surface area contributed by atoms with Crippen LogP contribution in [0.2, 0.25) is 0 Å². The molecule has 1 aromatic rings. The van der Waals surface area contributed by atoms with Crippen molar-refractivity contribution in [2.45, 2.75) is 50.6 Å². The highest BCUT2D eigenvalue weighted by atomic mass is 16.2. The van der Waals surface area contributed by atoms with E-state index in [1.807, 2.05) is 35.2 Å². The third-order valence-electron chi connectivity index (χ3n) is 7.71. The maximum absolute atomic E-state index is 12.9. The second-order valence-electron chi connectivity index (χ2n) is 9.48. The predicted molar refractivity (Wildman–Crippen MR) is 112 cm³/mol. The SMILES string of the molecule is O=C(C[C@H]1C[C@H]2CC[C@H]1C2)NC[C@H]1CN(C(=O)Nc2ccccc2)[C@H]2CCN1C2. The molecule has 1 unspecified atom stereocenters. The van der Waals surface area contributed by atoms with E-state index in [0.29, 0.717) is 25.4 Å². The number of piperazine rings is 1. The maximum Gasteiger partial charge on any atom is 0.322 e. The number of fused-ring (bicyclic) bond motifs is 4. The summed E-state index contributed by atoms with van der Waals surface area (Å²) >= 11 is 0. The summed E-state index contributed by atoms with van der Waals surface area (Å²) in [6, 6.07) is 10.1. The highest BCUT2D eigenvalue weighted by molar-refractivity contribution is 5.89. The van der Waals surface area contributed by atoms with Crippen LogP contribution in [-0.2, 0) is 4.79 Å². The number of hydrogen-bond donors (Lipinski definition) is 2. The van der Waals surface area contributed by atoms with Crippen LogP contribution in [0.4, 0.5) is 10.5 Å². The van der Waals surface area contributed by atoms with Gasteiger partial charge in [-0.15, -0.1) is 0 Å². The summed E-state index contributed by atoms with van der Waals surface area (Å²) in [5, 5.41) is 6.22. The summed E-state index contributed by atoms with van der Waals surface area (Å²) in [5.74, 6) is 2.47. The van der Waals surface area contributed by atoms with E-state index in [1.54, 1.807) is 0 Å². The van der Waals surface area contributed by atoms with Gasteiger partial charge in [-0.2, -0.15) is 0 Å². The highest BCUT2D eigenvalue weighted by Crippen LogP contribution is 2.49. The molecule has 2 N–H and O–H groups in total. The van der Waals surface area contributed by atoms with Crippen molar-refractivity contribution >= 4 is 17.6 Å². The van der Waals surface area contributed by atoms with Gasteiger partial charge in [-0.05, 0) is 55.6 Å². The van der Waals surface area contributed by atoms with Gasteiger partial charge >= 0.3 is 6.03 Å². The number of amides is 3. The van der Waals surface area contributed by atoms with Crippen LogP contribution in [-0.4, -0.2) is 60.0 Å². The lowest BCUT2D eigenvalue weighted by Crippen LogP contribution is -2.58. The molecule has 4 fully saturated rings. The summed E-state index contributed by atoms with van der Waals surface area (Å²) in [7, 11) is 0. The van der Waals surface area contributed by atoms with E-state index >= 15 is 0 Å². The summed E-state index contributed by atoms with van der Waals surface area (Å²) in [6.45, 7) is 3.24. The Morgan fingerprint density at radius 2 is 1.90 bits per heavy atom. The van der Waals surface area contributed by atoms with Crippen molar-refractivity contribution in [3.05, 3.63) is 30.3 Å². The second kappa shape index (κ2) is 7.98. The first-order valence-corrected chi connectivity index (χ1v) is 11.3. The number of urea groups is 1. The van der Waals surface area contributed by atoms with E-state index in [-0.39, 0.29) is 24.0 Å². The zero-order chi connectivity index (χ0) is 19.8. The number of hydrogen-bond acceptors (Lipinski definition) is 3. The number of rotatable bonds is 5. The van der Waals surface area contributed by atoms with Crippen LogP contribution in [0, 0.1) is 17.8 Å². The summed E-state index contributed by atoms with van der Waals surface area (Å²) < 4.78 is 0. The van der Waals surface area contributed by atoms with Crippen LogP contribution in [0.15, 0.2) is 30.3 Å². The standard InChI is InChI=1S/C23H32N4O2/c28-22(12-18-11-16-6-7-17(18)10-16)24-13-21-15-27(20-8-9-26(21)14-20)23(29)25-19-4-2-1-3-5-19/h1-5,16-18,20-21H,6-15H2,(H,24,28)(H,25,29)/t16-,17-,18+,20-,21-/m0/s1. The molecular formula is C23H32N4O2. The molecule has 156 valence electrons. The minimum atomic E-state index is -0.0268. The average molecular weight is 397 g/mol. The minimum absolute atomic E-state index is 0.0268. The molecule has 6 heteroatoms. The monoisotopic (exact) mass is 396 g/mol. The molecule has 4 aliphatic rings. The quantitative estimate of drug-likeness (QED) is 0.804. The Kier molecular flexibility index (Phi) is 5.20. The van der Waals surface area contributed by atoms with Crippen molar-refractivity contribution in [3.8, 4) is 0 Å². The molecule has 1 aromatic carbocycles. The molecular weight excluding hydrogens is 364 g/mol. The molecule has 5 rings (SSSR count). The fourth-order valence-electron chi connectivity index (χ4n) is 6.17. The molecule has 2 heterocycles. The Morgan fingerprint density at radius 1 is 1.03 bits per heavy atom. The molecule has 2 aliphatic carbocycles. The molecule has 4 bridgehead atoms. The van der Waals surface area contributed by atoms with Crippen LogP contribution in [0.1, 0.15) is 38.5 Å². The Balaban J connectivity index is 1.14. The Morgan fingerprint density at radius 3 is 2.66 bits per heavy atom. The van der Waals surface area contributed by atoms with Gasteiger partial charge in [0.1, 0.15) is 0 Å². The molecule has 2 aliphatic heterocycles. The molecule has 3 amide bonds. The van der Waals surface area contributed by atoms with Crippen molar-refractivity contribution in [1.29, 1.82) is 0 Å². The fourth-order valence-corrected chi connectivity index (χ4v) is 6.17. The van der Waals surface area contributed by atoms with Gasteiger partial charge in [0.2, 0.25) is 5.91 Å². The first-order valence-electron chi connectivity index (χ1n) is 11.3. The van der Waals surface area contributed by atoms with E-state index in [2.05, 4.69) is 15.5 Å². The largest absolute Gasteiger partial charge is 0.354 e. The van der Waals surface area contributed by atoms with Gasteiger partial charge in [0.05, 0.1) is 0 Å². The number of benzene rings is 1. The lowest BCUT2D eigenvalue weighted by molar-refractivity contribution is -0.122. The van der Waals surface area contributed by atoms with E-state index in [1.165, 1.54) is 25.7 Å². The highest BCUT2D eigenvalue weighted by Gasteiger charge is 2.42. The second-order valence-corrected chi connectivity index (χ2v) is 9.48. The number of carbonyl (C=O) groups is 2. The first-order chi connectivity index (χ1) is 14.2. The lowest BCUT2D eigenvalue weighted by atomic mass is 9.86. The molecule has 6 nitrogen and oxygen atoms in total. The molecule has 0 radical (unpaired) electrons. The zero-order valence-electron chi connectivity index (χ0n) is 17.1. The Bertz CT molecular complexity index is 755. The fraction of sp³-hybridized carbons (Fsp3) is 0.652. The third-order valence-corrected chi connectivity index (χ3v) is 7.71. The van der Waals surface area contributed by atoms with E-state index in [0.717, 1.165) is 37.0 Å². The Hall–Kier alpha value is -2.08. The van der Waals surface area contributed by atoms with Crippen molar-refractivity contribution < 1.29 is 9.59 Å². The maximum atomic E-state index is 12.9. The van der Waals surface area contributed by atoms with Crippen LogP contribution < -0.4 is 10.6 Å². The smallest absolute Gasteiger partial charge is 0.322 e. The minimum Gasteiger partial charge on any atom is -0.354 e. The topological polar surface area (TPSA) is 64.7 Å². The van der Waals surface area contributed by atoms with Gasteiger partial charge in [-0.25, -0.2) is 4.79 Å². The van der Waals surface area contributed by atoms with Gasteiger partial charge in [0.15, 0.2) is 0 Å². The normalized spacial score (nSPS) is 35.0. The molecule has 0 aromatic heterocycles. The van der Waals surface area contributed by atoms with Crippen LogP contribution in [0.5, 0.6) is 0 Å². The molecule has 0 spiro atoms. The molecule has 2 saturated carbocycles. The van der Waals surface area contributed by atoms with Crippen molar-refractivity contribution in [3.63, 3.8) is 0 Å². The summed E-state index contributed by atoms with van der Waals surface area (Å²) in [4.78, 5) is 29.8. The molecule has 2 saturated heterocycles. The third kappa shape index (κ3) is 4.00. The first kappa shape index (κ1) is 18.9. The molecule has 6 atom stereocenters. The van der Waals surface area contributed by atoms with E-state index < -0.39 is 0 Å². The number of nitrogens with zero attached hydrogens (tertiary/aromatic N) is 2. The summed E-state index contributed by atoms with van der Waals surface area (Å²) in [5.41, 5.74) is 0.827. The predicted octanol–water partition coefficient (Wildman–Crippen LogP) is 2.92. The van der Waals surface area contributed by atoms with Crippen molar-refractivity contribution in [2.24, 2.45) is 17.8 Å². The Labute approximate surface area is 173 Å². The van der Waals surface area contributed by atoms with Crippen molar-refractivity contribution in [2.75, 3.05) is 31.5 Å². The number of para-hydroxylation sites is 1. The zero-order valence-corrected chi connectivity index (χ0v) is 17.1. The molecule has 29 heavy (non-hydrogen) atoms. The summed E-state index contributed by atoms with van der Waals surface area (Å²) in [6.07, 6.45) is 7.00. The van der Waals surface area contributed by atoms with E-state index in [4.69, 9.17) is 0 Å². The van der Waals surface area contributed by atoms with Crippen LogP contribution >= 0.6 is 0 Å². The number of anilines is 1. The number of carbonyl (C=O) groups excluding carboxylic acids is 2. The van der Waals surface area contributed by atoms with Gasteiger partial charge < -0.3 is 15.5 Å². The van der Waals surface area contributed by atoms with Gasteiger partial charge in [0, 0.05) is 50.4 Å².